The van der Waals surface area contributed by atoms with Crippen molar-refractivity contribution in [2.24, 2.45) is 0 Å². The molecule has 1 aromatic heterocycles. The zero-order valence-corrected chi connectivity index (χ0v) is 13.6. The number of hydrogen-bond acceptors (Lipinski definition) is 3. The molecule has 0 atom stereocenters. The number of benzene rings is 1. The van der Waals surface area contributed by atoms with Gasteiger partial charge in [0.25, 0.3) is 0 Å². The van der Waals surface area contributed by atoms with Gasteiger partial charge in [-0.25, -0.2) is 4.98 Å². The topological polar surface area (TPSA) is 39.2 Å². The lowest BCUT2D eigenvalue weighted by Gasteiger charge is -2.40. The van der Waals surface area contributed by atoms with Crippen molar-refractivity contribution in [3.63, 3.8) is 0 Å². The highest BCUT2D eigenvalue weighted by molar-refractivity contribution is 6.42. The van der Waals surface area contributed by atoms with Gasteiger partial charge in [0.15, 0.2) is 5.78 Å². The van der Waals surface area contributed by atoms with Crippen LogP contribution in [0.3, 0.4) is 0 Å². The SMILES string of the molecule is COc1ccc(C(=O)C2(c3ccc(Cl)c(Cl)c3)CCC2)nc1. The third-order valence-corrected chi connectivity index (χ3v) is 5.06. The Morgan fingerprint density at radius 3 is 2.45 bits per heavy atom. The summed E-state index contributed by atoms with van der Waals surface area (Å²) in [5.74, 6) is 0.661. The van der Waals surface area contributed by atoms with E-state index in [4.69, 9.17) is 27.9 Å². The van der Waals surface area contributed by atoms with Gasteiger partial charge in [0.1, 0.15) is 11.4 Å². The molecule has 22 heavy (non-hydrogen) atoms. The minimum atomic E-state index is -0.532. The first-order chi connectivity index (χ1) is 10.6. The molecule has 1 aliphatic carbocycles. The van der Waals surface area contributed by atoms with Crippen LogP contribution in [0.5, 0.6) is 5.75 Å². The van der Waals surface area contributed by atoms with Crippen molar-refractivity contribution >= 4 is 29.0 Å². The van der Waals surface area contributed by atoms with E-state index in [-0.39, 0.29) is 5.78 Å². The summed E-state index contributed by atoms with van der Waals surface area (Å²) in [5, 5.41) is 0.968. The fourth-order valence-corrected chi connectivity index (χ4v) is 3.15. The Bertz CT molecular complexity index is 709. The monoisotopic (exact) mass is 335 g/mol. The molecule has 0 N–H and O–H groups in total. The van der Waals surface area contributed by atoms with E-state index in [1.165, 1.54) is 0 Å². The number of ketones is 1. The molecule has 0 spiro atoms. The second kappa shape index (κ2) is 5.90. The van der Waals surface area contributed by atoms with Crippen molar-refractivity contribution in [3.05, 3.63) is 57.8 Å². The van der Waals surface area contributed by atoms with E-state index in [1.807, 2.05) is 6.07 Å². The Labute approximate surface area is 139 Å². The Hall–Kier alpha value is -1.58. The van der Waals surface area contributed by atoms with E-state index in [0.717, 1.165) is 24.8 Å². The van der Waals surface area contributed by atoms with Gasteiger partial charge in [-0.3, -0.25) is 4.79 Å². The molecule has 3 rings (SSSR count). The molecule has 0 saturated heterocycles. The number of Topliss-reactive ketones (excluding diaryl/α,β-unsaturated/α-hetero) is 1. The Kier molecular flexibility index (Phi) is 4.11. The van der Waals surface area contributed by atoms with E-state index >= 15 is 0 Å². The van der Waals surface area contributed by atoms with Gasteiger partial charge in [-0.2, -0.15) is 0 Å². The molecular weight excluding hydrogens is 321 g/mol. The summed E-state index contributed by atoms with van der Waals surface area (Å²) >= 11 is 12.1. The number of carbonyl (C=O) groups excluding carboxylic acids is 1. The molecule has 3 nitrogen and oxygen atoms in total. The van der Waals surface area contributed by atoms with Crippen LogP contribution in [0.15, 0.2) is 36.5 Å². The first-order valence-electron chi connectivity index (χ1n) is 7.07. The fourth-order valence-electron chi connectivity index (χ4n) is 2.85. The summed E-state index contributed by atoms with van der Waals surface area (Å²) in [7, 11) is 1.57. The van der Waals surface area contributed by atoms with Crippen LogP contribution in [0.4, 0.5) is 0 Å². The van der Waals surface area contributed by atoms with Crippen LogP contribution >= 0.6 is 23.2 Å². The van der Waals surface area contributed by atoms with Crippen molar-refractivity contribution in [1.82, 2.24) is 4.98 Å². The van der Waals surface area contributed by atoms with Crippen LogP contribution in [0, 0.1) is 0 Å². The number of rotatable bonds is 4. The Morgan fingerprint density at radius 2 is 1.95 bits per heavy atom. The van der Waals surface area contributed by atoms with Crippen LogP contribution < -0.4 is 4.74 Å². The Morgan fingerprint density at radius 1 is 1.18 bits per heavy atom. The quantitative estimate of drug-likeness (QED) is 0.760. The summed E-state index contributed by atoms with van der Waals surface area (Å²) < 4.78 is 5.08. The molecule has 2 aromatic rings. The molecular formula is C17H15Cl2NO2. The molecule has 114 valence electrons. The largest absolute Gasteiger partial charge is 0.495 e. The maximum Gasteiger partial charge on any atom is 0.191 e. The number of aromatic nitrogens is 1. The maximum atomic E-state index is 13.0. The van der Waals surface area contributed by atoms with Gasteiger partial charge in [-0.05, 0) is 42.7 Å². The van der Waals surface area contributed by atoms with E-state index in [2.05, 4.69) is 4.98 Å². The predicted molar refractivity (Wildman–Crippen MR) is 87.1 cm³/mol. The molecule has 0 aliphatic heterocycles. The number of ether oxygens (including phenoxy) is 1. The van der Waals surface area contributed by atoms with Crippen LogP contribution in [0.25, 0.3) is 0 Å². The molecule has 1 fully saturated rings. The highest BCUT2D eigenvalue weighted by Crippen LogP contribution is 2.47. The van der Waals surface area contributed by atoms with Gasteiger partial charge in [0.05, 0.1) is 28.8 Å². The minimum absolute atomic E-state index is 0.0276. The molecule has 0 radical (unpaired) electrons. The number of pyridine rings is 1. The van der Waals surface area contributed by atoms with E-state index in [0.29, 0.717) is 21.5 Å². The third kappa shape index (κ3) is 2.49. The molecule has 0 amide bonds. The smallest absolute Gasteiger partial charge is 0.191 e. The molecule has 1 heterocycles. The zero-order valence-electron chi connectivity index (χ0n) is 12.1. The summed E-state index contributed by atoms with van der Waals surface area (Å²) in [6.07, 6.45) is 4.19. The molecule has 1 aromatic carbocycles. The zero-order chi connectivity index (χ0) is 15.7. The number of methoxy groups -OCH3 is 1. The normalized spacial score (nSPS) is 16.0. The van der Waals surface area contributed by atoms with Gasteiger partial charge in [0, 0.05) is 0 Å². The summed E-state index contributed by atoms with van der Waals surface area (Å²) in [5.41, 5.74) is 0.831. The third-order valence-electron chi connectivity index (χ3n) is 4.32. The van der Waals surface area contributed by atoms with Crippen molar-refractivity contribution < 1.29 is 9.53 Å². The lowest BCUT2D eigenvalue weighted by molar-refractivity contribution is 0.0783. The fraction of sp³-hybridized carbons (Fsp3) is 0.294. The van der Waals surface area contributed by atoms with E-state index in [1.54, 1.807) is 37.6 Å². The molecule has 1 saturated carbocycles. The van der Waals surface area contributed by atoms with Gasteiger partial charge in [-0.15, -0.1) is 0 Å². The van der Waals surface area contributed by atoms with Crippen molar-refractivity contribution in [2.75, 3.05) is 7.11 Å². The molecule has 0 unspecified atom stereocenters. The lowest BCUT2D eigenvalue weighted by atomic mass is 9.61. The van der Waals surface area contributed by atoms with Gasteiger partial charge >= 0.3 is 0 Å². The van der Waals surface area contributed by atoms with E-state index < -0.39 is 5.41 Å². The number of nitrogens with zero attached hydrogens (tertiary/aromatic N) is 1. The van der Waals surface area contributed by atoms with Crippen molar-refractivity contribution in [1.29, 1.82) is 0 Å². The Balaban J connectivity index is 1.97. The summed E-state index contributed by atoms with van der Waals surface area (Å²) in [6, 6.07) is 8.88. The summed E-state index contributed by atoms with van der Waals surface area (Å²) in [4.78, 5) is 17.2. The molecule has 0 bridgehead atoms. The predicted octanol–water partition coefficient (Wildman–Crippen LogP) is 4.70. The first-order valence-corrected chi connectivity index (χ1v) is 7.83. The molecule has 1 aliphatic rings. The average Bonchev–Trinajstić information content (AvgIpc) is 2.49. The first kappa shape index (κ1) is 15.3. The number of carbonyl (C=O) groups is 1. The van der Waals surface area contributed by atoms with Gasteiger partial charge in [-0.1, -0.05) is 35.7 Å². The molecule has 5 heteroatoms. The second-order valence-corrected chi connectivity index (χ2v) is 6.29. The van der Waals surface area contributed by atoms with Gasteiger partial charge < -0.3 is 4.74 Å². The highest BCUT2D eigenvalue weighted by Gasteiger charge is 2.46. The van der Waals surface area contributed by atoms with Crippen molar-refractivity contribution in [3.8, 4) is 5.75 Å². The number of hydrogen-bond donors (Lipinski definition) is 0. The van der Waals surface area contributed by atoms with Crippen LogP contribution in [0.2, 0.25) is 10.0 Å². The van der Waals surface area contributed by atoms with Gasteiger partial charge in [0.2, 0.25) is 0 Å². The average molecular weight is 336 g/mol. The maximum absolute atomic E-state index is 13.0. The highest BCUT2D eigenvalue weighted by atomic mass is 35.5. The summed E-state index contributed by atoms with van der Waals surface area (Å²) in [6.45, 7) is 0. The second-order valence-electron chi connectivity index (χ2n) is 5.48. The van der Waals surface area contributed by atoms with E-state index in [9.17, 15) is 4.79 Å². The standard InChI is InChI=1S/C17H15Cl2NO2/c1-22-12-4-6-15(20-10-12)16(21)17(7-2-8-17)11-3-5-13(18)14(19)9-11/h3-6,9-10H,2,7-8H2,1H3. The number of halogens is 2. The van der Waals surface area contributed by atoms with Crippen LogP contribution in [-0.4, -0.2) is 17.9 Å². The lowest BCUT2D eigenvalue weighted by Crippen LogP contribution is -2.42. The van der Waals surface area contributed by atoms with Crippen LogP contribution in [-0.2, 0) is 5.41 Å². The van der Waals surface area contributed by atoms with Crippen molar-refractivity contribution in [2.45, 2.75) is 24.7 Å². The minimum Gasteiger partial charge on any atom is -0.495 e. The van der Waals surface area contributed by atoms with Crippen LogP contribution in [0.1, 0.15) is 35.3 Å².